The minimum atomic E-state index is -0.436. The summed E-state index contributed by atoms with van der Waals surface area (Å²) in [5.41, 5.74) is 2.94. The monoisotopic (exact) mass is 352 g/mol. The van der Waals surface area contributed by atoms with E-state index in [4.69, 9.17) is 0 Å². The van der Waals surface area contributed by atoms with Crippen LogP contribution in [0.3, 0.4) is 0 Å². The van der Waals surface area contributed by atoms with Gasteiger partial charge in [-0.05, 0) is 49.1 Å². The molecule has 1 saturated heterocycles. The molecule has 26 heavy (non-hydrogen) atoms. The van der Waals surface area contributed by atoms with E-state index in [1.807, 2.05) is 43.3 Å². The largest absolute Gasteiger partial charge is 0.312 e. The van der Waals surface area contributed by atoms with Crippen LogP contribution in [0.4, 0.5) is 15.8 Å². The lowest BCUT2D eigenvalue weighted by atomic mass is 9.97. The molecular formula is C21H21FN2O2. The van der Waals surface area contributed by atoms with Gasteiger partial charge in [0.25, 0.3) is 0 Å². The van der Waals surface area contributed by atoms with Crippen molar-refractivity contribution >= 4 is 23.2 Å². The lowest BCUT2D eigenvalue weighted by Gasteiger charge is -2.32. The van der Waals surface area contributed by atoms with Crippen LogP contribution in [0.25, 0.3) is 0 Å². The molecule has 2 aliphatic rings. The minimum Gasteiger partial charge on any atom is -0.312 e. The summed E-state index contributed by atoms with van der Waals surface area (Å²) in [5.74, 6) is -0.997. The van der Waals surface area contributed by atoms with Crippen LogP contribution in [0.15, 0.2) is 42.5 Å². The Kier molecular flexibility index (Phi) is 4.23. The Morgan fingerprint density at radius 1 is 1.19 bits per heavy atom. The Balaban J connectivity index is 1.59. The number of amides is 2. The van der Waals surface area contributed by atoms with Gasteiger partial charge < -0.3 is 9.80 Å². The van der Waals surface area contributed by atoms with Crippen molar-refractivity contribution in [3.05, 3.63) is 59.4 Å². The molecule has 2 aromatic carbocycles. The second-order valence-corrected chi connectivity index (χ2v) is 7.09. The molecule has 0 saturated carbocycles. The van der Waals surface area contributed by atoms with Crippen LogP contribution >= 0.6 is 0 Å². The van der Waals surface area contributed by atoms with Crippen molar-refractivity contribution in [3.8, 4) is 0 Å². The maximum absolute atomic E-state index is 14.6. The first-order valence-electron chi connectivity index (χ1n) is 9.00. The molecule has 2 aliphatic heterocycles. The van der Waals surface area contributed by atoms with Crippen molar-refractivity contribution < 1.29 is 14.0 Å². The molecule has 4 rings (SSSR count). The number of halogens is 1. The van der Waals surface area contributed by atoms with Crippen molar-refractivity contribution in [2.45, 2.75) is 26.2 Å². The molecule has 0 radical (unpaired) electrons. The second kappa shape index (κ2) is 6.56. The highest BCUT2D eigenvalue weighted by Crippen LogP contribution is 2.34. The average Bonchev–Trinajstić information content (AvgIpc) is 3.03. The number of anilines is 2. The van der Waals surface area contributed by atoms with E-state index in [1.54, 1.807) is 9.80 Å². The SMILES string of the molecule is Cc1cc(F)c2c(c1)CCCN2C(=O)[C@H]1CC(=O)N(c2ccccc2)C1. The molecule has 0 unspecified atom stereocenters. The van der Waals surface area contributed by atoms with E-state index in [9.17, 15) is 14.0 Å². The van der Waals surface area contributed by atoms with E-state index in [0.717, 1.165) is 29.7 Å². The molecule has 2 aromatic rings. The molecule has 0 spiro atoms. The van der Waals surface area contributed by atoms with E-state index in [-0.39, 0.29) is 24.1 Å². The summed E-state index contributed by atoms with van der Waals surface area (Å²) in [6, 6.07) is 12.8. The van der Waals surface area contributed by atoms with Gasteiger partial charge in [0.1, 0.15) is 5.82 Å². The van der Waals surface area contributed by atoms with Gasteiger partial charge in [-0.3, -0.25) is 9.59 Å². The molecular weight excluding hydrogens is 331 g/mol. The number of nitrogens with zero attached hydrogens (tertiary/aromatic N) is 2. The zero-order valence-electron chi connectivity index (χ0n) is 14.7. The maximum Gasteiger partial charge on any atom is 0.232 e. The van der Waals surface area contributed by atoms with Crippen LogP contribution in [0, 0.1) is 18.7 Å². The quantitative estimate of drug-likeness (QED) is 0.830. The lowest BCUT2D eigenvalue weighted by Crippen LogP contribution is -2.41. The number of aryl methyl sites for hydroxylation is 2. The summed E-state index contributed by atoms with van der Waals surface area (Å²) in [6.07, 6.45) is 1.76. The normalized spacial score (nSPS) is 19.6. The van der Waals surface area contributed by atoms with Gasteiger partial charge in [-0.2, -0.15) is 0 Å². The first kappa shape index (κ1) is 16.8. The van der Waals surface area contributed by atoms with Crippen molar-refractivity contribution in [1.29, 1.82) is 0 Å². The Morgan fingerprint density at radius 2 is 1.96 bits per heavy atom. The molecule has 4 nitrogen and oxygen atoms in total. The third-order valence-corrected chi connectivity index (χ3v) is 5.19. The van der Waals surface area contributed by atoms with E-state index >= 15 is 0 Å². The third-order valence-electron chi connectivity index (χ3n) is 5.19. The van der Waals surface area contributed by atoms with Gasteiger partial charge in [-0.15, -0.1) is 0 Å². The summed E-state index contributed by atoms with van der Waals surface area (Å²) >= 11 is 0. The highest BCUT2D eigenvalue weighted by molar-refractivity contribution is 6.04. The minimum absolute atomic E-state index is 0.0591. The Labute approximate surface area is 152 Å². The van der Waals surface area contributed by atoms with Crippen LogP contribution in [0.2, 0.25) is 0 Å². The van der Waals surface area contributed by atoms with E-state index in [2.05, 4.69) is 0 Å². The summed E-state index contributed by atoms with van der Waals surface area (Å²) in [7, 11) is 0. The van der Waals surface area contributed by atoms with Crippen molar-refractivity contribution in [1.82, 2.24) is 0 Å². The molecule has 1 atom stereocenters. The Morgan fingerprint density at radius 3 is 2.73 bits per heavy atom. The van der Waals surface area contributed by atoms with Gasteiger partial charge in [0.15, 0.2) is 0 Å². The number of carbonyl (C=O) groups is 2. The smallest absolute Gasteiger partial charge is 0.232 e. The fourth-order valence-corrected chi connectivity index (χ4v) is 4.01. The van der Waals surface area contributed by atoms with Crippen molar-refractivity contribution in [2.75, 3.05) is 22.9 Å². The third kappa shape index (κ3) is 2.87. The molecule has 5 heteroatoms. The molecule has 0 N–H and O–H groups in total. The molecule has 134 valence electrons. The Bertz CT molecular complexity index is 866. The predicted octanol–water partition coefficient (Wildman–Crippen LogP) is 3.47. The van der Waals surface area contributed by atoms with Gasteiger partial charge in [-0.25, -0.2) is 4.39 Å². The second-order valence-electron chi connectivity index (χ2n) is 7.09. The Hall–Kier alpha value is -2.69. The molecule has 1 fully saturated rings. The first-order valence-corrected chi connectivity index (χ1v) is 9.00. The number of rotatable bonds is 2. The van der Waals surface area contributed by atoms with E-state index in [1.165, 1.54) is 6.07 Å². The highest BCUT2D eigenvalue weighted by atomic mass is 19.1. The van der Waals surface area contributed by atoms with Gasteiger partial charge in [0.2, 0.25) is 11.8 Å². The van der Waals surface area contributed by atoms with Crippen LogP contribution < -0.4 is 9.80 Å². The molecule has 2 heterocycles. The van der Waals surface area contributed by atoms with Crippen LogP contribution in [0.1, 0.15) is 24.0 Å². The summed E-state index contributed by atoms with van der Waals surface area (Å²) < 4.78 is 14.6. The van der Waals surface area contributed by atoms with Crippen molar-refractivity contribution in [3.63, 3.8) is 0 Å². The lowest BCUT2D eigenvalue weighted by molar-refractivity contribution is -0.124. The van der Waals surface area contributed by atoms with E-state index in [0.29, 0.717) is 18.8 Å². The van der Waals surface area contributed by atoms with Gasteiger partial charge in [-0.1, -0.05) is 24.3 Å². The highest BCUT2D eigenvalue weighted by Gasteiger charge is 2.39. The van der Waals surface area contributed by atoms with Crippen LogP contribution in [0.5, 0.6) is 0 Å². The average molecular weight is 352 g/mol. The summed E-state index contributed by atoms with van der Waals surface area (Å²) in [5, 5.41) is 0. The number of para-hydroxylation sites is 1. The number of hydrogen-bond acceptors (Lipinski definition) is 2. The molecule has 0 aromatic heterocycles. The zero-order valence-corrected chi connectivity index (χ0v) is 14.7. The summed E-state index contributed by atoms with van der Waals surface area (Å²) in [4.78, 5) is 28.7. The predicted molar refractivity (Wildman–Crippen MR) is 98.7 cm³/mol. The topological polar surface area (TPSA) is 40.6 Å². The zero-order chi connectivity index (χ0) is 18.3. The van der Waals surface area contributed by atoms with Gasteiger partial charge in [0.05, 0.1) is 11.6 Å². The number of benzene rings is 2. The first-order chi connectivity index (χ1) is 12.5. The fourth-order valence-electron chi connectivity index (χ4n) is 4.01. The fraction of sp³-hybridized carbons (Fsp3) is 0.333. The van der Waals surface area contributed by atoms with Gasteiger partial charge >= 0.3 is 0 Å². The van der Waals surface area contributed by atoms with Crippen molar-refractivity contribution in [2.24, 2.45) is 5.92 Å². The van der Waals surface area contributed by atoms with Gasteiger partial charge in [0, 0.05) is 25.2 Å². The van der Waals surface area contributed by atoms with Crippen LogP contribution in [-0.2, 0) is 16.0 Å². The van der Waals surface area contributed by atoms with E-state index < -0.39 is 5.92 Å². The number of fused-ring (bicyclic) bond motifs is 1. The molecule has 0 aliphatic carbocycles. The number of carbonyl (C=O) groups excluding carboxylic acids is 2. The van der Waals surface area contributed by atoms with Crippen LogP contribution in [-0.4, -0.2) is 24.9 Å². The summed E-state index contributed by atoms with van der Waals surface area (Å²) in [6.45, 7) is 2.71. The standard InChI is InChI=1S/C21H21FN2O2/c1-14-10-15-6-5-9-23(20(15)18(22)11-14)21(26)16-12-19(25)24(13-16)17-7-3-2-4-8-17/h2-4,7-8,10-11,16H,5-6,9,12-13H2,1H3/t16-/m0/s1. The maximum atomic E-state index is 14.6. The molecule has 0 bridgehead atoms. The molecule has 2 amide bonds. The number of hydrogen-bond donors (Lipinski definition) is 0.